The van der Waals surface area contributed by atoms with Crippen molar-refractivity contribution in [2.75, 3.05) is 39.2 Å². The second-order valence-electron chi connectivity index (χ2n) is 8.48. The van der Waals surface area contributed by atoms with Crippen LogP contribution in [0.2, 0.25) is 0 Å². The van der Waals surface area contributed by atoms with Crippen LogP contribution in [0.25, 0.3) is 0 Å². The van der Waals surface area contributed by atoms with Gasteiger partial charge in [0.1, 0.15) is 12.4 Å². The van der Waals surface area contributed by atoms with Gasteiger partial charge in [0.15, 0.2) is 0 Å². The third kappa shape index (κ3) is 6.31. The molecular formula is C25H33N3O4. The summed E-state index contributed by atoms with van der Waals surface area (Å²) in [5, 5.41) is 6.36. The zero-order chi connectivity index (χ0) is 23.1. The second kappa shape index (κ2) is 11.1. The lowest BCUT2D eigenvalue weighted by atomic mass is 10.0. The fourth-order valence-electron chi connectivity index (χ4n) is 3.72. The lowest BCUT2D eigenvalue weighted by Crippen LogP contribution is -2.44. The first-order valence-electron chi connectivity index (χ1n) is 11.0. The van der Waals surface area contributed by atoms with Crippen LogP contribution in [0.4, 0.5) is 5.69 Å². The average Bonchev–Trinajstić information content (AvgIpc) is 2.79. The molecule has 0 saturated carbocycles. The number of fused-ring (bicyclic) bond motifs is 1. The topological polar surface area (TPSA) is 79.9 Å². The van der Waals surface area contributed by atoms with E-state index in [1.807, 2.05) is 37.3 Å². The Labute approximate surface area is 190 Å². The van der Waals surface area contributed by atoms with Crippen molar-refractivity contribution in [2.45, 2.75) is 32.4 Å². The summed E-state index contributed by atoms with van der Waals surface area (Å²) in [6, 6.07) is 14.8. The van der Waals surface area contributed by atoms with Gasteiger partial charge < -0.3 is 25.0 Å². The first-order valence-corrected chi connectivity index (χ1v) is 11.0. The molecule has 2 aromatic carbocycles. The standard InChI is InChI=1S/C25H33N3O4/c1-17-14-26-18(2)16-32-22-11-10-20(27-24(29)12-19-8-6-5-7-9-19)13-21(22)25(30)28(3)15-23(17)31-4/h5-11,13,17-18,23,26H,12,14-16H2,1-4H3,(H,27,29)/t17-,18+,23+/m0/s1. The Bertz CT molecular complexity index is 919. The van der Waals surface area contributed by atoms with E-state index in [-0.39, 0.29) is 36.3 Å². The van der Waals surface area contributed by atoms with E-state index < -0.39 is 0 Å². The monoisotopic (exact) mass is 439 g/mol. The molecule has 172 valence electrons. The predicted molar refractivity (Wildman–Crippen MR) is 125 cm³/mol. The quantitative estimate of drug-likeness (QED) is 0.766. The van der Waals surface area contributed by atoms with Gasteiger partial charge in [-0.2, -0.15) is 0 Å². The number of benzene rings is 2. The van der Waals surface area contributed by atoms with Crippen molar-refractivity contribution in [1.29, 1.82) is 0 Å². The second-order valence-corrected chi connectivity index (χ2v) is 8.48. The smallest absolute Gasteiger partial charge is 0.257 e. The van der Waals surface area contributed by atoms with Gasteiger partial charge in [0.2, 0.25) is 5.91 Å². The van der Waals surface area contributed by atoms with E-state index in [1.54, 1.807) is 37.3 Å². The lowest BCUT2D eigenvalue weighted by Gasteiger charge is -2.30. The van der Waals surface area contributed by atoms with Gasteiger partial charge in [0, 0.05) is 39.0 Å². The van der Waals surface area contributed by atoms with E-state index in [0.29, 0.717) is 30.2 Å². The summed E-state index contributed by atoms with van der Waals surface area (Å²) >= 11 is 0. The summed E-state index contributed by atoms with van der Waals surface area (Å²) < 4.78 is 11.6. The average molecular weight is 440 g/mol. The fraction of sp³-hybridized carbons (Fsp3) is 0.440. The molecule has 0 aliphatic carbocycles. The van der Waals surface area contributed by atoms with Crippen molar-refractivity contribution in [3.8, 4) is 5.75 Å². The van der Waals surface area contributed by atoms with E-state index >= 15 is 0 Å². The maximum atomic E-state index is 13.3. The van der Waals surface area contributed by atoms with Crippen LogP contribution in [0, 0.1) is 5.92 Å². The zero-order valence-electron chi connectivity index (χ0n) is 19.3. The molecule has 1 aliphatic rings. The molecule has 0 unspecified atom stereocenters. The maximum absolute atomic E-state index is 13.3. The van der Waals surface area contributed by atoms with E-state index in [9.17, 15) is 9.59 Å². The largest absolute Gasteiger partial charge is 0.491 e. The van der Waals surface area contributed by atoms with E-state index in [1.165, 1.54) is 0 Å². The van der Waals surface area contributed by atoms with E-state index in [4.69, 9.17) is 9.47 Å². The van der Waals surface area contributed by atoms with Crippen LogP contribution in [0.15, 0.2) is 48.5 Å². The summed E-state index contributed by atoms with van der Waals surface area (Å²) in [5.74, 6) is 0.408. The van der Waals surface area contributed by atoms with Gasteiger partial charge in [-0.25, -0.2) is 0 Å². The van der Waals surface area contributed by atoms with Gasteiger partial charge in [0.05, 0.1) is 18.1 Å². The molecule has 2 aromatic rings. The minimum atomic E-state index is -0.172. The number of carbonyl (C=O) groups excluding carboxylic acids is 2. The van der Waals surface area contributed by atoms with Crippen molar-refractivity contribution >= 4 is 17.5 Å². The van der Waals surface area contributed by atoms with Crippen LogP contribution < -0.4 is 15.4 Å². The van der Waals surface area contributed by atoms with Crippen LogP contribution >= 0.6 is 0 Å². The molecule has 0 spiro atoms. The highest BCUT2D eigenvalue weighted by Gasteiger charge is 2.25. The number of rotatable bonds is 4. The maximum Gasteiger partial charge on any atom is 0.257 e. The number of carbonyl (C=O) groups is 2. The molecule has 3 atom stereocenters. The SMILES string of the molecule is CO[C@@H]1CN(C)C(=O)c2cc(NC(=O)Cc3ccccc3)ccc2OC[C@@H](C)NC[C@@H]1C. The molecule has 2 N–H and O–H groups in total. The zero-order valence-corrected chi connectivity index (χ0v) is 19.3. The summed E-state index contributed by atoms with van der Waals surface area (Å²) in [6.07, 6.45) is 0.167. The van der Waals surface area contributed by atoms with Gasteiger partial charge in [-0.3, -0.25) is 9.59 Å². The van der Waals surface area contributed by atoms with Crippen LogP contribution in [0.3, 0.4) is 0 Å². The highest BCUT2D eigenvalue weighted by molar-refractivity contribution is 5.99. The Morgan fingerprint density at radius 1 is 1.22 bits per heavy atom. The molecule has 0 saturated heterocycles. The van der Waals surface area contributed by atoms with Crippen molar-refractivity contribution in [3.05, 3.63) is 59.7 Å². The third-order valence-electron chi connectivity index (χ3n) is 5.72. The molecule has 0 bridgehead atoms. The normalized spacial score (nSPS) is 22.2. The summed E-state index contributed by atoms with van der Waals surface area (Å²) in [7, 11) is 3.43. The van der Waals surface area contributed by atoms with E-state index in [2.05, 4.69) is 17.6 Å². The minimum absolute atomic E-state index is 0.0961. The number of nitrogens with one attached hydrogen (secondary N) is 2. The van der Waals surface area contributed by atoms with Gasteiger partial charge in [-0.1, -0.05) is 37.3 Å². The Morgan fingerprint density at radius 3 is 2.69 bits per heavy atom. The summed E-state index contributed by atoms with van der Waals surface area (Å²) in [5.41, 5.74) is 1.90. The minimum Gasteiger partial charge on any atom is -0.491 e. The number of anilines is 1. The molecule has 1 aliphatic heterocycles. The molecule has 2 amide bonds. The van der Waals surface area contributed by atoms with Crippen molar-refractivity contribution in [3.63, 3.8) is 0 Å². The van der Waals surface area contributed by atoms with Crippen molar-refractivity contribution in [1.82, 2.24) is 10.2 Å². The highest BCUT2D eigenvalue weighted by Crippen LogP contribution is 2.26. The van der Waals surface area contributed by atoms with Gasteiger partial charge in [-0.05, 0) is 36.6 Å². The first kappa shape index (κ1) is 23.8. The predicted octanol–water partition coefficient (Wildman–Crippen LogP) is 2.96. The van der Waals surface area contributed by atoms with Crippen molar-refractivity contribution in [2.24, 2.45) is 5.92 Å². The molecule has 1 heterocycles. The molecule has 0 aromatic heterocycles. The van der Waals surface area contributed by atoms with Gasteiger partial charge in [-0.15, -0.1) is 0 Å². The number of methoxy groups -OCH3 is 1. The number of hydrogen-bond acceptors (Lipinski definition) is 5. The molecular weight excluding hydrogens is 406 g/mol. The third-order valence-corrected chi connectivity index (χ3v) is 5.72. The van der Waals surface area contributed by atoms with Crippen LogP contribution in [0.1, 0.15) is 29.8 Å². The molecule has 0 radical (unpaired) electrons. The summed E-state index contributed by atoms with van der Waals surface area (Å²) in [4.78, 5) is 27.4. The number of nitrogens with zero attached hydrogens (tertiary/aromatic N) is 1. The molecule has 0 fully saturated rings. The fourth-order valence-corrected chi connectivity index (χ4v) is 3.72. The Balaban J connectivity index is 1.82. The molecule has 3 rings (SSSR count). The number of ether oxygens (including phenoxy) is 2. The van der Waals surface area contributed by atoms with E-state index in [0.717, 1.165) is 12.1 Å². The number of likely N-dealkylation sites (N-methyl/N-ethyl adjacent to an activating group) is 1. The Kier molecular flexibility index (Phi) is 8.25. The lowest BCUT2D eigenvalue weighted by molar-refractivity contribution is -0.115. The Hall–Kier alpha value is -2.90. The number of hydrogen-bond donors (Lipinski definition) is 2. The highest BCUT2D eigenvalue weighted by atomic mass is 16.5. The molecule has 7 nitrogen and oxygen atoms in total. The summed E-state index contributed by atoms with van der Waals surface area (Å²) in [6.45, 7) is 5.80. The first-order chi connectivity index (χ1) is 15.4. The Morgan fingerprint density at radius 2 is 1.97 bits per heavy atom. The van der Waals surface area contributed by atoms with Crippen molar-refractivity contribution < 1.29 is 19.1 Å². The van der Waals surface area contributed by atoms with Crippen LogP contribution in [0.5, 0.6) is 5.75 Å². The van der Waals surface area contributed by atoms with Crippen LogP contribution in [-0.4, -0.2) is 62.7 Å². The molecule has 32 heavy (non-hydrogen) atoms. The number of amides is 2. The van der Waals surface area contributed by atoms with Gasteiger partial charge in [0.25, 0.3) is 5.91 Å². The van der Waals surface area contributed by atoms with Crippen LogP contribution in [-0.2, 0) is 16.0 Å². The molecule has 7 heteroatoms. The van der Waals surface area contributed by atoms with Gasteiger partial charge >= 0.3 is 0 Å².